The molecule has 1 aliphatic heterocycles. The van der Waals surface area contributed by atoms with Gasteiger partial charge in [-0.15, -0.1) is 11.3 Å². The highest BCUT2D eigenvalue weighted by Gasteiger charge is 2.34. The number of ether oxygens (including phenoxy) is 1. The van der Waals surface area contributed by atoms with Gasteiger partial charge >= 0.3 is 5.97 Å². The van der Waals surface area contributed by atoms with Crippen molar-refractivity contribution in [3.63, 3.8) is 0 Å². The number of carbonyl (C=O) groups is 1. The first-order valence-corrected chi connectivity index (χ1v) is 9.42. The summed E-state index contributed by atoms with van der Waals surface area (Å²) >= 11 is 4.44. The Morgan fingerprint density at radius 3 is 2.90 bits per heavy atom. The van der Waals surface area contributed by atoms with Crippen molar-refractivity contribution in [2.45, 2.75) is 24.0 Å². The lowest BCUT2D eigenvalue weighted by Crippen LogP contribution is -2.42. The van der Waals surface area contributed by atoms with Crippen LogP contribution in [0.4, 0.5) is 0 Å². The summed E-state index contributed by atoms with van der Waals surface area (Å²) in [4.78, 5) is 11.8. The van der Waals surface area contributed by atoms with Crippen LogP contribution in [-0.4, -0.2) is 38.4 Å². The van der Waals surface area contributed by atoms with Crippen LogP contribution in [0.25, 0.3) is 0 Å². The standard InChI is InChI=1S/C12H16BrNO4S2/c1-2-18-12(15)9-4-3-7-14(8-9)20(16,17)11-6-5-10(13)19-11/h5-6,9H,2-4,7-8H2,1H3/t9-/m0/s1. The Kier molecular flexibility index (Phi) is 5.22. The maximum absolute atomic E-state index is 12.5. The van der Waals surface area contributed by atoms with Gasteiger partial charge < -0.3 is 4.74 Å². The molecule has 1 saturated heterocycles. The van der Waals surface area contributed by atoms with E-state index in [4.69, 9.17) is 4.74 Å². The van der Waals surface area contributed by atoms with Crippen molar-refractivity contribution in [3.05, 3.63) is 15.9 Å². The molecule has 0 N–H and O–H groups in total. The Labute approximate surface area is 131 Å². The Balaban J connectivity index is 2.14. The first-order chi connectivity index (χ1) is 9.45. The number of hydrogen-bond donors (Lipinski definition) is 0. The summed E-state index contributed by atoms with van der Waals surface area (Å²) in [5.41, 5.74) is 0. The predicted molar refractivity (Wildman–Crippen MR) is 80.1 cm³/mol. The van der Waals surface area contributed by atoms with Crippen LogP contribution in [0, 0.1) is 5.92 Å². The number of thiophene rings is 1. The van der Waals surface area contributed by atoms with E-state index in [0.717, 1.165) is 3.79 Å². The molecule has 0 amide bonds. The van der Waals surface area contributed by atoms with Crippen LogP contribution in [0.3, 0.4) is 0 Å². The molecule has 2 heterocycles. The summed E-state index contributed by atoms with van der Waals surface area (Å²) < 4.78 is 32.4. The van der Waals surface area contributed by atoms with Crippen molar-refractivity contribution < 1.29 is 17.9 Å². The molecule has 1 aromatic heterocycles. The molecule has 0 spiro atoms. The van der Waals surface area contributed by atoms with Crippen molar-refractivity contribution in [2.24, 2.45) is 5.92 Å². The molecule has 0 saturated carbocycles. The van der Waals surface area contributed by atoms with E-state index in [-0.39, 0.29) is 18.4 Å². The van der Waals surface area contributed by atoms with Gasteiger partial charge in [0.05, 0.1) is 16.3 Å². The summed E-state index contributed by atoms with van der Waals surface area (Å²) in [6.45, 7) is 2.73. The second-order valence-corrected chi connectivity index (χ2v) is 9.14. The monoisotopic (exact) mass is 381 g/mol. The molecular weight excluding hydrogens is 366 g/mol. The van der Waals surface area contributed by atoms with Gasteiger partial charge in [-0.25, -0.2) is 8.42 Å². The van der Waals surface area contributed by atoms with Crippen molar-refractivity contribution in [1.29, 1.82) is 0 Å². The van der Waals surface area contributed by atoms with Crippen molar-refractivity contribution in [1.82, 2.24) is 4.31 Å². The summed E-state index contributed by atoms with van der Waals surface area (Å²) in [7, 11) is -3.51. The summed E-state index contributed by atoms with van der Waals surface area (Å²) in [6, 6.07) is 3.29. The average molecular weight is 382 g/mol. The summed E-state index contributed by atoms with van der Waals surface area (Å²) in [5, 5.41) is 0. The van der Waals surface area contributed by atoms with Crippen LogP contribution in [0.5, 0.6) is 0 Å². The maximum Gasteiger partial charge on any atom is 0.310 e. The minimum Gasteiger partial charge on any atom is -0.466 e. The van der Waals surface area contributed by atoms with E-state index in [1.807, 2.05) is 0 Å². The van der Waals surface area contributed by atoms with E-state index >= 15 is 0 Å². The summed E-state index contributed by atoms with van der Waals surface area (Å²) in [5.74, 6) is -0.665. The molecule has 0 bridgehead atoms. The Bertz CT molecular complexity index is 584. The fraction of sp³-hybridized carbons (Fsp3) is 0.583. The highest BCUT2D eigenvalue weighted by Crippen LogP contribution is 2.31. The Morgan fingerprint density at radius 2 is 2.30 bits per heavy atom. The lowest BCUT2D eigenvalue weighted by atomic mass is 10.0. The molecule has 112 valence electrons. The van der Waals surface area contributed by atoms with Gasteiger partial charge in [-0.2, -0.15) is 4.31 Å². The molecule has 0 radical (unpaired) electrons. The maximum atomic E-state index is 12.5. The second-order valence-electron chi connectivity index (χ2n) is 4.51. The molecule has 1 fully saturated rings. The fourth-order valence-electron chi connectivity index (χ4n) is 2.18. The Morgan fingerprint density at radius 1 is 1.55 bits per heavy atom. The molecule has 1 aliphatic rings. The number of hydrogen-bond acceptors (Lipinski definition) is 5. The number of carbonyl (C=O) groups excluding carboxylic acids is 1. The number of nitrogens with zero attached hydrogens (tertiary/aromatic N) is 1. The van der Waals surface area contributed by atoms with E-state index in [0.29, 0.717) is 30.2 Å². The van der Waals surface area contributed by atoms with Gasteiger partial charge in [0.15, 0.2) is 0 Å². The second kappa shape index (κ2) is 6.55. The zero-order chi connectivity index (χ0) is 14.8. The minimum absolute atomic E-state index is 0.205. The molecule has 8 heteroatoms. The quantitative estimate of drug-likeness (QED) is 0.751. The molecule has 5 nitrogen and oxygen atoms in total. The van der Waals surface area contributed by atoms with Gasteiger partial charge in [-0.3, -0.25) is 4.79 Å². The zero-order valence-corrected chi connectivity index (χ0v) is 14.3. The first kappa shape index (κ1) is 15.9. The lowest BCUT2D eigenvalue weighted by Gasteiger charge is -2.30. The van der Waals surface area contributed by atoms with E-state index < -0.39 is 10.0 Å². The fourth-order valence-corrected chi connectivity index (χ4v) is 5.86. The van der Waals surface area contributed by atoms with Crippen molar-refractivity contribution in [2.75, 3.05) is 19.7 Å². The Hall–Kier alpha value is -0.440. The smallest absolute Gasteiger partial charge is 0.310 e. The van der Waals surface area contributed by atoms with E-state index in [9.17, 15) is 13.2 Å². The third-order valence-corrected chi connectivity index (χ3v) is 7.10. The van der Waals surface area contributed by atoms with Crippen LogP contribution >= 0.6 is 27.3 Å². The highest BCUT2D eigenvalue weighted by molar-refractivity contribution is 9.11. The first-order valence-electron chi connectivity index (χ1n) is 6.37. The molecular formula is C12H16BrNO4S2. The average Bonchev–Trinajstić information content (AvgIpc) is 2.86. The minimum atomic E-state index is -3.51. The van der Waals surface area contributed by atoms with Crippen LogP contribution in [-0.2, 0) is 19.6 Å². The topological polar surface area (TPSA) is 63.7 Å². The van der Waals surface area contributed by atoms with Gasteiger partial charge in [-0.05, 0) is 47.8 Å². The highest BCUT2D eigenvalue weighted by atomic mass is 79.9. The van der Waals surface area contributed by atoms with Crippen LogP contribution < -0.4 is 0 Å². The van der Waals surface area contributed by atoms with Crippen LogP contribution in [0.15, 0.2) is 20.1 Å². The van der Waals surface area contributed by atoms with E-state index in [1.54, 1.807) is 19.1 Å². The van der Waals surface area contributed by atoms with Crippen LogP contribution in [0.1, 0.15) is 19.8 Å². The van der Waals surface area contributed by atoms with Gasteiger partial charge in [0.25, 0.3) is 10.0 Å². The normalized spacial score (nSPS) is 20.8. The predicted octanol–water partition coefficient (Wildman–Crippen LogP) is 2.47. The number of piperidine rings is 1. The molecule has 2 rings (SSSR count). The largest absolute Gasteiger partial charge is 0.466 e. The van der Waals surface area contributed by atoms with Gasteiger partial charge in [0.1, 0.15) is 4.21 Å². The molecule has 0 aromatic carbocycles. The third-order valence-electron chi connectivity index (χ3n) is 3.15. The van der Waals surface area contributed by atoms with E-state index in [1.165, 1.54) is 15.6 Å². The molecule has 1 aromatic rings. The molecule has 20 heavy (non-hydrogen) atoms. The number of sulfonamides is 1. The van der Waals surface area contributed by atoms with Gasteiger partial charge in [-0.1, -0.05) is 0 Å². The SMILES string of the molecule is CCOC(=O)[C@H]1CCCN(S(=O)(=O)c2ccc(Br)s2)C1. The number of halogens is 1. The van der Waals surface area contributed by atoms with Crippen LogP contribution in [0.2, 0.25) is 0 Å². The molecule has 0 unspecified atom stereocenters. The molecule has 1 atom stereocenters. The number of esters is 1. The number of rotatable bonds is 4. The van der Waals surface area contributed by atoms with Crippen molar-refractivity contribution in [3.8, 4) is 0 Å². The van der Waals surface area contributed by atoms with E-state index in [2.05, 4.69) is 15.9 Å². The summed E-state index contributed by atoms with van der Waals surface area (Å²) in [6.07, 6.45) is 1.36. The van der Waals surface area contributed by atoms with Gasteiger partial charge in [0.2, 0.25) is 0 Å². The lowest BCUT2D eigenvalue weighted by molar-refractivity contribution is -0.149. The third kappa shape index (κ3) is 3.41. The molecule has 0 aliphatic carbocycles. The van der Waals surface area contributed by atoms with Gasteiger partial charge in [0, 0.05) is 13.1 Å². The van der Waals surface area contributed by atoms with Crippen molar-refractivity contribution >= 4 is 43.3 Å². The zero-order valence-electron chi connectivity index (χ0n) is 11.0.